The minimum absolute atomic E-state index is 0.0908. The predicted molar refractivity (Wildman–Crippen MR) is 141 cm³/mol. The normalized spacial score (nSPS) is 15.8. The van der Waals surface area contributed by atoms with Crippen LogP contribution >= 0.6 is 23.2 Å². The van der Waals surface area contributed by atoms with Gasteiger partial charge in [0.15, 0.2) is 0 Å². The fourth-order valence-corrected chi connectivity index (χ4v) is 7.01. The molecule has 9 nitrogen and oxygen atoms in total. The minimum Gasteiger partial charge on any atom is -0.492 e. The molecule has 0 radical (unpaired) electrons. The van der Waals surface area contributed by atoms with E-state index in [4.69, 9.17) is 27.9 Å². The second kappa shape index (κ2) is 12.0. The molecule has 1 amide bonds. The van der Waals surface area contributed by atoms with E-state index in [-0.39, 0.29) is 33.8 Å². The summed E-state index contributed by atoms with van der Waals surface area (Å²) >= 11 is 12.2. The van der Waals surface area contributed by atoms with Crippen molar-refractivity contribution in [3.63, 3.8) is 0 Å². The predicted octanol–water partition coefficient (Wildman–Crippen LogP) is 3.52. The van der Waals surface area contributed by atoms with Crippen molar-refractivity contribution in [2.45, 2.75) is 37.1 Å². The van der Waals surface area contributed by atoms with Crippen molar-refractivity contribution in [2.24, 2.45) is 0 Å². The Balaban J connectivity index is 1.56. The van der Waals surface area contributed by atoms with Gasteiger partial charge in [0.1, 0.15) is 18.4 Å². The summed E-state index contributed by atoms with van der Waals surface area (Å²) in [5.41, 5.74) is 0.102. The highest BCUT2D eigenvalue weighted by Crippen LogP contribution is 2.32. The van der Waals surface area contributed by atoms with Gasteiger partial charge in [-0.25, -0.2) is 16.8 Å². The van der Waals surface area contributed by atoms with Crippen LogP contribution in [0.2, 0.25) is 10.0 Å². The maximum atomic E-state index is 12.7. The molecule has 1 fully saturated rings. The summed E-state index contributed by atoms with van der Waals surface area (Å²) in [6.45, 7) is 2.68. The third-order valence-electron chi connectivity index (χ3n) is 5.68. The molecule has 1 heterocycles. The van der Waals surface area contributed by atoms with Crippen molar-refractivity contribution < 1.29 is 26.4 Å². The Labute approximate surface area is 222 Å². The molecule has 1 aliphatic heterocycles. The van der Waals surface area contributed by atoms with Crippen molar-refractivity contribution >= 4 is 54.8 Å². The Bertz CT molecular complexity index is 1280. The summed E-state index contributed by atoms with van der Waals surface area (Å²) < 4.78 is 58.4. The highest BCUT2D eigenvalue weighted by atomic mass is 35.5. The average Bonchev–Trinajstić information content (AvgIpc) is 2.84. The molecule has 0 bridgehead atoms. The summed E-state index contributed by atoms with van der Waals surface area (Å²) in [7, 11) is -7.38. The van der Waals surface area contributed by atoms with Crippen LogP contribution in [0, 0.1) is 0 Å². The van der Waals surface area contributed by atoms with E-state index in [1.54, 1.807) is 12.1 Å². The van der Waals surface area contributed by atoms with Gasteiger partial charge in [0.25, 0.3) is 0 Å². The van der Waals surface area contributed by atoms with E-state index in [0.29, 0.717) is 18.8 Å². The Morgan fingerprint density at radius 3 is 2.31 bits per heavy atom. The van der Waals surface area contributed by atoms with E-state index in [1.165, 1.54) is 41.6 Å². The number of hydrogen-bond donors (Lipinski definition) is 1. The Kier molecular flexibility index (Phi) is 9.50. The molecule has 1 saturated heterocycles. The van der Waals surface area contributed by atoms with Crippen molar-refractivity contribution in [2.75, 3.05) is 36.8 Å². The number of ether oxygens (including phenoxy) is 1. The monoisotopic (exact) mass is 577 g/mol. The maximum Gasteiger partial charge on any atom is 0.243 e. The van der Waals surface area contributed by atoms with Gasteiger partial charge in [-0.3, -0.25) is 9.10 Å². The molecule has 2 aromatic carbocycles. The number of anilines is 1. The zero-order chi connectivity index (χ0) is 26.5. The Hall–Kier alpha value is -2.05. The van der Waals surface area contributed by atoms with E-state index < -0.39 is 32.0 Å². The second-order valence-corrected chi connectivity index (χ2v) is 13.0. The fraction of sp³-hybridized carbons (Fsp3) is 0.435. The summed E-state index contributed by atoms with van der Waals surface area (Å²) in [4.78, 5) is 12.9. The zero-order valence-electron chi connectivity index (χ0n) is 20.0. The molecule has 1 N–H and O–H groups in total. The van der Waals surface area contributed by atoms with Crippen LogP contribution in [0.15, 0.2) is 47.4 Å². The molecule has 0 aliphatic carbocycles. The number of hydrogen-bond acceptors (Lipinski definition) is 6. The average molecular weight is 579 g/mol. The van der Waals surface area contributed by atoms with Crippen LogP contribution in [0.4, 0.5) is 5.69 Å². The molecule has 0 saturated carbocycles. The van der Waals surface area contributed by atoms with Gasteiger partial charge in [0.05, 0.1) is 28.4 Å². The lowest BCUT2D eigenvalue weighted by Crippen LogP contribution is -2.48. The molecule has 0 aromatic heterocycles. The van der Waals surface area contributed by atoms with Gasteiger partial charge in [0, 0.05) is 18.1 Å². The summed E-state index contributed by atoms with van der Waals surface area (Å²) in [6, 6.07) is 9.38. The molecule has 1 atom stereocenters. The number of benzene rings is 2. The first kappa shape index (κ1) is 28.5. The van der Waals surface area contributed by atoms with Gasteiger partial charge in [-0.05, 0) is 62.2 Å². The maximum absolute atomic E-state index is 12.7. The van der Waals surface area contributed by atoms with Crippen molar-refractivity contribution in [1.29, 1.82) is 0 Å². The Morgan fingerprint density at radius 1 is 1.06 bits per heavy atom. The molecule has 2 aromatic rings. The quantitative estimate of drug-likeness (QED) is 0.432. The zero-order valence-corrected chi connectivity index (χ0v) is 23.1. The van der Waals surface area contributed by atoms with Gasteiger partial charge in [-0.15, -0.1) is 0 Å². The Morgan fingerprint density at radius 2 is 1.69 bits per heavy atom. The minimum atomic E-state index is -3.85. The number of carbonyl (C=O) groups is 1. The number of sulfonamides is 2. The lowest BCUT2D eigenvalue weighted by molar-refractivity contribution is -0.121. The smallest absolute Gasteiger partial charge is 0.243 e. The van der Waals surface area contributed by atoms with Crippen LogP contribution in [0.3, 0.4) is 0 Å². The largest absolute Gasteiger partial charge is 0.492 e. The van der Waals surface area contributed by atoms with E-state index in [1.807, 2.05) is 0 Å². The van der Waals surface area contributed by atoms with Crippen LogP contribution in [-0.2, 0) is 24.8 Å². The van der Waals surface area contributed by atoms with Gasteiger partial charge < -0.3 is 10.1 Å². The number of rotatable bonds is 10. The first-order chi connectivity index (χ1) is 16.9. The van der Waals surface area contributed by atoms with Crippen molar-refractivity contribution in [3.05, 3.63) is 52.5 Å². The van der Waals surface area contributed by atoms with Gasteiger partial charge in [-0.1, -0.05) is 29.6 Å². The number of piperidine rings is 1. The molecule has 3 rings (SSSR count). The molecule has 13 heteroatoms. The number of nitrogens with zero attached hydrogens (tertiary/aromatic N) is 2. The van der Waals surface area contributed by atoms with E-state index in [9.17, 15) is 21.6 Å². The SMILES string of the molecule is CC(C(=O)NCCOc1ccc(S(=O)(=O)N2CCCCC2)cc1)N(c1cc(Cl)ccc1Cl)S(C)(=O)=O. The lowest BCUT2D eigenvalue weighted by atomic mass is 10.2. The topological polar surface area (TPSA) is 113 Å². The van der Waals surface area contributed by atoms with Gasteiger partial charge in [0.2, 0.25) is 26.0 Å². The van der Waals surface area contributed by atoms with Crippen molar-refractivity contribution in [3.8, 4) is 5.75 Å². The number of nitrogens with one attached hydrogen (secondary N) is 1. The highest BCUT2D eigenvalue weighted by Gasteiger charge is 2.31. The number of carbonyl (C=O) groups excluding carboxylic acids is 1. The third kappa shape index (κ3) is 7.04. The molecule has 198 valence electrons. The van der Waals surface area contributed by atoms with E-state index in [0.717, 1.165) is 29.8 Å². The van der Waals surface area contributed by atoms with Crippen LogP contribution in [0.5, 0.6) is 5.75 Å². The van der Waals surface area contributed by atoms with E-state index in [2.05, 4.69) is 5.32 Å². The summed E-state index contributed by atoms with van der Waals surface area (Å²) in [5.74, 6) is -0.110. The molecule has 0 spiro atoms. The first-order valence-electron chi connectivity index (χ1n) is 11.4. The summed E-state index contributed by atoms with van der Waals surface area (Å²) in [6.07, 6.45) is 3.73. The van der Waals surface area contributed by atoms with Crippen LogP contribution in [0.25, 0.3) is 0 Å². The van der Waals surface area contributed by atoms with Crippen LogP contribution in [0.1, 0.15) is 26.2 Å². The molecule has 1 aliphatic rings. The summed E-state index contributed by atoms with van der Waals surface area (Å²) in [5, 5.41) is 3.05. The van der Waals surface area contributed by atoms with Crippen LogP contribution in [-0.4, -0.2) is 65.6 Å². The standard InChI is InChI=1S/C23H29Cl2N3O6S2/c1-17(28(35(2,30)31)22-16-18(24)6-11-21(22)25)23(29)26-12-15-34-19-7-9-20(10-8-19)36(32,33)27-13-4-3-5-14-27/h6-11,16-17H,3-5,12-15H2,1-2H3,(H,26,29). The second-order valence-electron chi connectivity index (χ2n) is 8.41. The van der Waals surface area contributed by atoms with Gasteiger partial charge in [-0.2, -0.15) is 4.31 Å². The first-order valence-corrected chi connectivity index (χ1v) is 15.4. The molecular formula is C23H29Cl2N3O6S2. The van der Waals surface area contributed by atoms with Gasteiger partial charge >= 0.3 is 0 Å². The fourth-order valence-electron chi connectivity index (χ4n) is 3.89. The molecule has 1 unspecified atom stereocenters. The molecule has 36 heavy (non-hydrogen) atoms. The highest BCUT2D eigenvalue weighted by molar-refractivity contribution is 7.92. The van der Waals surface area contributed by atoms with Crippen molar-refractivity contribution in [1.82, 2.24) is 9.62 Å². The van der Waals surface area contributed by atoms with Crippen LogP contribution < -0.4 is 14.4 Å². The van der Waals surface area contributed by atoms with E-state index >= 15 is 0 Å². The number of halogens is 2. The number of amides is 1. The third-order valence-corrected chi connectivity index (χ3v) is 9.38. The molecular weight excluding hydrogens is 549 g/mol. The lowest BCUT2D eigenvalue weighted by Gasteiger charge is -2.29.